The molecule has 0 radical (unpaired) electrons. The summed E-state index contributed by atoms with van der Waals surface area (Å²) in [6.45, 7) is 11.5. The fourth-order valence-corrected chi connectivity index (χ4v) is 3.49. The molecule has 0 spiro atoms. The number of aromatic hydroxyl groups is 4. The highest BCUT2D eigenvalue weighted by atomic mass is 16.3. The van der Waals surface area contributed by atoms with Gasteiger partial charge in [0.25, 0.3) is 0 Å². The molecule has 1 heterocycles. The van der Waals surface area contributed by atoms with Gasteiger partial charge in [0.2, 0.25) is 5.43 Å². The number of fused-ring (bicyclic) bond motifs is 1. The smallest absolute Gasteiger partial charge is 0.204 e. The molecule has 0 aliphatic carbocycles. The van der Waals surface area contributed by atoms with Crippen LogP contribution in [0.2, 0.25) is 0 Å². The summed E-state index contributed by atoms with van der Waals surface area (Å²) < 4.78 is 5.74. The first-order valence-electron chi connectivity index (χ1n) is 9.94. The van der Waals surface area contributed by atoms with E-state index >= 15 is 0 Å². The Labute approximate surface area is 180 Å². The summed E-state index contributed by atoms with van der Waals surface area (Å²) >= 11 is 0. The molecule has 0 atom stereocenters. The van der Waals surface area contributed by atoms with Crippen molar-refractivity contribution in [3.05, 3.63) is 70.1 Å². The van der Waals surface area contributed by atoms with Gasteiger partial charge in [-0.25, -0.2) is 0 Å². The molecule has 4 N–H and O–H groups in total. The number of phenolic OH excluding ortho intramolecular Hbond substituents is 4. The van der Waals surface area contributed by atoms with E-state index in [1.54, 1.807) is 0 Å². The molecule has 3 aromatic rings. The van der Waals surface area contributed by atoms with Gasteiger partial charge >= 0.3 is 0 Å². The van der Waals surface area contributed by atoms with Crippen LogP contribution in [0.3, 0.4) is 0 Å². The van der Waals surface area contributed by atoms with Gasteiger partial charge in [-0.15, -0.1) is 13.2 Å². The van der Waals surface area contributed by atoms with E-state index in [-0.39, 0.29) is 45.1 Å². The maximum atomic E-state index is 13.4. The molecule has 6 heteroatoms. The lowest BCUT2D eigenvalue weighted by Crippen LogP contribution is -2.08. The molecule has 6 nitrogen and oxygen atoms in total. The molecule has 0 fully saturated rings. The van der Waals surface area contributed by atoms with Gasteiger partial charge in [-0.3, -0.25) is 4.79 Å². The van der Waals surface area contributed by atoms with Gasteiger partial charge in [-0.1, -0.05) is 17.2 Å². The molecule has 3 rings (SSSR count). The van der Waals surface area contributed by atoms with Gasteiger partial charge in [0.1, 0.15) is 28.7 Å². The van der Waals surface area contributed by atoms with Crippen LogP contribution in [0.15, 0.2) is 58.0 Å². The first-order valence-corrected chi connectivity index (χ1v) is 9.94. The molecule has 1 aromatic heterocycles. The molecule has 0 saturated carbocycles. The van der Waals surface area contributed by atoms with Crippen LogP contribution < -0.4 is 5.43 Å². The zero-order valence-electron chi connectivity index (χ0n) is 17.7. The molecule has 0 bridgehead atoms. The Morgan fingerprint density at radius 3 is 2.10 bits per heavy atom. The third kappa shape index (κ3) is 4.28. The minimum absolute atomic E-state index is 0.0312. The normalized spacial score (nSPS) is 11.0. The zero-order valence-corrected chi connectivity index (χ0v) is 17.7. The lowest BCUT2D eigenvalue weighted by atomic mass is 9.93. The van der Waals surface area contributed by atoms with Crippen LogP contribution >= 0.6 is 0 Å². The Morgan fingerprint density at radius 2 is 1.52 bits per heavy atom. The summed E-state index contributed by atoms with van der Waals surface area (Å²) in [5.41, 5.74) is 2.54. The van der Waals surface area contributed by atoms with Crippen LogP contribution in [0.25, 0.3) is 22.1 Å². The Hall–Kier alpha value is -3.67. The number of rotatable bonds is 7. The van der Waals surface area contributed by atoms with Crippen molar-refractivity contribution in [2.75, 3.05) is 0 Å². The summed E-state index contributed by atoms with van der Waals surface area (Å²) in [4.78, 5) is 13.4. The lowest BCUT2D eigenvalue weighted by molar-refractivity contribution is 0.404. The number of allylic oxidation sites excluding steroid dienone is 2. The average Bonchev–Trinajstić information content (AvgIpc) is 2.69. The quantitative estimate of drug-likeness (QED) is 0.304. The van der Waals surface area contributed by atoms with Crippen molar-refractivity contribution in [2.24, 2.45) is 0 Å². The summed E-state index contributed by atoms with van der Waals surface area (Å²) in [6.07, 6.45) is 3.04. The summed E-state index contributed by atoms with van der Waals surface area (Å²) in [7, 11) is 0. The Bertz CT molecular complexity index is 1250. The van der Waals surface area contributed by atoms with Crippen LogP contribution in [0.4, 0.5) is 0 Å². The predicted octanol–water partition coefficient (Wildman–Crippen LogP) is 5.30. The van der Waals surface area contributed by atoms with Gasteiger partial charge < -0.3 is 24.8 Å². The third-order valence-corrected chi connectivity index (χ3v) is 5.25. The second-order valence-corrected chi connectivity index (χ2v) is 7.95. The molecule has 0 saturated heterocycles. The summed E-state index contributed by atoms with van der Waals surface area (Å²) in [6, 6.07) is 3.98. The second kappa shape index (κ2) is 8.60. The number of phenols is 4. The Balaban J connectivity index is 2.31. The van der Waals surface area contributed by atoms with E-state index in [0.29, 0.717) is 36.8 Å². The molecule has 0 unspecified atom stereocenters. The van der Waals surface area contributed by atoms with Crippen LogP contribution in [0.5, 0.6) is 23.0 Å². The highest BCUT2D eigenvalue weighted by Crippen LogP contribution is 2.41. The van der Waals surface area contributed by atoms with E-state index in [4.69, 9.17) is 4.42 Å². The molecule has 0 aliphatic heterocycles. The van der Waals surface area contributed by atoms with Gasteiger partial charge in [0.15, 0.2) is 11.5 Å². The van der Waals surface area contributed by atoms with E-state index < -0.39 is 5.43 Å². The minimum atomic E-state index is -0.503. The Morgan fingerprint density at radius 1 is 0.903 bits per heavy atom. The van der Waals surface area contributed by atoms with Crippen LogP contribution in [0, 0.1) is 0 Å². The van der Waals surface area contributed by atoms with E-state index in [0.717, 1.165) is 11.1 Å². The van der Waals surface area contributed by atoms with Gasteiger partial charge in [0, 0.05) is 11.1 Å². The SMILES string of the molecule is C=C(C)CCc1c(O)c(CCC(=C)C)c2occ(-c3ccc(O)c(O)c3)c(=O)c2c1O. The predicted molar refractivity (Wildman–Crippen MR) is 121 cm³/mol. The topological polar surface area (TPSA) is 111 Å². The maximum absolute atomic E-state index is 13.4. The largest absolute Gasteiger partial charge is 0.507 e. The van der Waals surface area contributed by atoms with Crippen LogP contribution in [-0.2, 0) is 12.8 Å². The molecular weight excluding hydrogens is 396 g/mol. The minimum Gasteiger partial charge on any atom is -0.507 e. The third-order valence-electron chi connectivity index (χ3n) is 5.25. The first kappa shape index (κ1) is 22.0. The van der Waals surface area contributed by atoms with Crippen molar-refractivity contribution >= 4 is 11.0 Å². The first-order chi connectivity index (χ1) is 14.6. The van der Waals surface area contributed by atoms with Crippen molar-refractivity contribution in [3.63, 3.8) is 0 Å². The highest BCUT2D eigenvalue weighted by molar-refractivity contribution is 5.92. The molecular formula is C25H26O6. The highest BCUT2D eigenvalue weighted by Gasteiger charge is 2.24. The second-order valence-electron chi connectivity index (χ2n) is 7.95. The zero-order chi connectivity index (χ0) is 22.9. The number of hydrogen-bond donors (Lipinski definition) is 4. The Kier molecular flexibility index (Phi) is 6.11. The molecule has 0 aliphatic rings. The van der Waals surface area contributed by atoms with E-state index in [2.05, 4.69) is 13.2 Å². The van der Waals surface area contributed by atoms with E-state index in [9.17, 15) is 25.2 Å². The summed E-state index contributed by atoms with van der Waals surface area (Å²) in [5.74, 6) is -1.11. The van der Waals surface area contributed by atoms with Crippen molar-refractivity contribution < 1.29 is 24.8 Å². The molecule has 2 aromatic carbocycles. The van der Waals surface area contributed by atoms with E-state index in [1.165, 1.54) is 24.5 Å². The molecule has 31 heavy (non-hydrogen) atoms. The molecule has 0 amide bonds. The van der Waals surface area contributed by atoms with E-state index in [1.807, 2.05) is 13.8 Å². The fraction of sp³-hybridized carbons (Fsp3) is 0.240. The number of benzene rings is 2. The van der Waals surface area contributed by atoms with Crippen LogP contribution in [0.1, 0.15) is 37.8 Å². The van der Waals surface area contributed by atoms with Crippen molar-refractivity contribution in [1.82, 2.24) is 0 Å². The van der Waals surface area contributed by atoms with Crippen molar-refractivity contribution in [3.8, 4) is 34.1 Å². The monoisotopic (exact) mass is 422 g/mol. The maximum Gasteiger partial charge on any atom is 0.204 e. The van der Waals surface area contributed by atoms with Crippen molar-refractivity contribution in [1.29, 1.82) is 0 Å². The fourth-order valence-electron chi connectivity index (χ4n) is 3.49. The van der Waals surface area contributed by atoms with Gasteiger partial charge in [-0.2, -0.15) is 0 Å². The van der Waals surface area contributed by atoms with Gasteiger partial charge in [0.05, 0.1) is 5.56 Å². The number of aryl methyl sites for hydroxylation is 1. The summed E-state index contributed by atoms with van der Waals surface area (Å²) in [5, 5.41) is 41.2. The average molecular weight is 422 g/mol. The number of hydrogen-bond acceptors (Lipinski definition) is 6. The van der Waals surface area contributed by atoms with Gasteiger partial charge in [-0.05, 0) is 57.2 Å². The standard InChI is InChI=1S/C25H26O6/c1-13(2)5-8-16-22(28)17(9-6-14(3)4)25-21(23(16)29)24(30)18(12-31-25)15-7-10-19(26)20(27)11-15/h7,10-12,26-29H,1,3,5-6,8-9H2,2,4H3. The van der Waals surface area contributed by atoms with Crippen molar-refractivity contribution in [2.45, 2.75) is 39.5 Å². The molecule has 162 valence electrons. The van der Waals surface area contributed by atoms with Crippen LogP contribution in [-0.4, -0.2) is 20.4 Å². The lowest BCUT2D eigenvalue weighted by Gasteiger charge is -2.16.